The minimum atomic E-state index is -1.58. The summed E-state index contributed by atoms with van der Waals surface area (Å²) in [5.74, 6) is -0.219. The van der Waals surface area contributed by atoms with Crippen LogP contribution in [0.1, 0.15) is 142 Å². The van der Waals surface area contributed by atoms with Gasteiger partial charge >= 0.3 is 0 Å². The number of hydrogen-bond donors (Lipinski definition) is 6. The number of amides is 1. The van der Waals surface area contributed by atoms with E-state index in [9.17, 15) is 30.3 Å². The number of hydrogen-bond acceptors (Lipinski definition) is 8. The molecular formula is C48H79NO8. The summed E-state index contributed by atoms with van der Waals surface area (Å²) in [7, 11) is 0. The Balaban J connectivity index is 2.38. The molecule has 0 aliphatic carbocycles. The van der Waals surface area contributed by atoms with Gasteiger partial charge < -0.3 is 40.3 Å². The fourth-order valence-corrected chi connectivity index (χ4v) is 6.11. The van der Waals surface area contributed by atoms with Gasteiger partial charge in [-0.3, -0.25) is 4.79 Å². The minimum Gasteiger partial charge on any atom is -0.394 e. The van der Waals surface area contributed by atoms with Crippen molar-refractivity contribution in [1.82, 2.24) is 5.32 Å². The second-order valence-electron chi connectivity index (χ2n) is 14.7. The van der Waals surface area contributed by atoms with Crippen LogP contribution in [0.3, 0.4) is 0 Å². The Morgan fingerprint density at radius 1 is 0.614 bits per heavy atom. The molecule has 0 spiro atoms. The summed E-state index contributed by atoms with van der Waals surface area (Å²) in [6.07, 6.45) is 45.9. The van der Waals surface area contributed by atoms with Crippen LogP contribution in [0, 0.1) is 0 Å². The molecule has 1 fully saturated rings. The third kappa shape index (κ3) is 28.2. The smallest absolute Gasteiger partial charge is 0.220 e. The first-order chi connectivity index (χ1) is 27.8. The standard InChI is InChI=1S/C48H79NO8/c1-3-5-7-9-11-13-15-16-17-18-19-20-21-22-23-24-25-26-28-30-32-34-36-38-44(52)49-41(40-56-48-47(55)46(54)45(53)43(39-50)57-48)42(51)37-35-33-31-29-27-14-12-10-8-6-4-2/h5,7,11,13,16-17,19-20,22-23,25-27,29,35,37,41-43,45-48,50-51,53-55H,3-4,6,8-10,12,14-15,18,21,24,28,30-34,36,38-40H2,1-2H3,(H,49,52)/b7-5-,13-11-,17-16-,20-19-,23-22-,26-25-,29-27+,37-35+. The van der Waals surface area contributed by atoms with Crippen molar-refractivity contribution < 1.29 is 39.8 Å². The fourth-order valence-electron chi connectivity index (χ4n) is 6.11. The summed E-state index contributed by atoms with van der Waals surface area (Å²) in [6.45, 7) is 3.57. The van der Waals surface area contributed by atoms with E-state index < -0.39 is 49.5 Å². The summed E-state index contributed by atoms with van der Waals surface area (Å²) >= 11 is 0. The van der Waals surface area contributed by atoms with Gasteiger partial charge in [-0.15, -0.1) is 0 Å². The molecule has 0 aromatic carbocycles. The van der Waals surface area contributed by atoms with Gasteiger partial charge in [0.15, 0.2) is 6.29 Å². The van der Waals surface area contributed by atoms with Gasteiger partial charge in [0, 0.05) is 6.42 Å². The normalized spacial score (nSPS) is 22.0. The Bertz CT molecular complexity index is 1200. The largest absolute Gasteiger partial charge is 0.394 e. The molecule has 9 heteroatoms. The fraction of sp³-hybridized carbons (Fsp3) is 0.646. The summed E-state index contributed by atoms with van der Waals surface area (Å²) in [5, 5.41) is 54.0. The number of unbranched alkanes of at least 4 members (excludes halogenated alkanes) is 10. The molecule has 1 heterocycles. The van der Waals surface area contributed by atoms with Crippen LogP contribution in [0.15, 0.2) is 97.2 Å². The molecule has 6 N–H and O–H groups in total. The van der Waals surface area contributed by atoms with Crippen LogP contribution < -0.4 is 5.32 Å². The van der Waals surface area contributed by atoms with Gasteiger partial charge in [0.05, 0.1) is 25.4 Å². The van der Waals surface area contributed by atoms with Gasteiger partial charge in [-0.25, -0.2) is 0 Å². The molecule has 7 unspecified atom stereocenters. The predicted molar refractivity (Wildman–Crippen MR) is 234 cm³/mol. The first-order valence-electron chi connectivity index (χ1n) is 22.0. The molecule has 1 saturated heterocycles. The Labute approximate surface area is 345 Å². The quantitative estimate of drug-likeness (QED) is 0.0279. The van der Waals surface area contributed by atoms with Crippen molar-refractivity contribution in [2.24, 2.45) is 0 Å². The number of aliphatic hydroxyl groups excluding tert-OH is 5. The summed E-state index contributed by atoms with van der Waals surface area (Å²) in [5.41, 5.74) is 0. The average Bonchev–Trinajstić information content (AvgIpc) is 3.21. The monoisotopic (exact) mass is 798 g/mol. The van der Waals surface area contributed by atoms with Crippen LogP contribution >= 0.6 is 0 Å². The molecule has 0 bridgehead atoms. The summed E-state index contributed by atoms with van der Waals surface area (Å²) in [4.78, 5) is 12.9. The van der Waals surface area contributed by atoms with E-state index in [1.165, 1.54) is 32.1 Å². The van der Waals surface area contributed by atoms with E-state index in [0.717, 1.165) is 83.5 Å². The number of rotatable bonds is 34. The maximum absolute atomic E-state index is 12.9. The van der Waals surface area contributed by atoms with Crippen LogP contribution in [0.5, 0.6) is 0 Å². The second-order valence-corrected chi connectivity index (χ2v) is 14.7. The van der Waals surface area contributed by atoms with Crippen LogP contribution in [-0.2, 0) is 14.3 Å². The number of ether oxygens (including phenoxy) is 2. The molecular weight excluding hydrogens is 719 g/mol. The highest BCUT2D eigenvalue weighted by Gasteiger charge is 2.44. The Hall–Kier alpha value is -2.89. The highest BCUT2D eigenvalue weighted by atomic mass is 16.7. The number of carbonyl (C=O) groups is 1. The molecule has 0 aromatic heterocycles. The highest BCUT2D eigenvalue weighted by Crippen LogP contribution is 2.22. The van der Waals surface area contributed by atoms with Crippen molar-refractivity contribution in [3.8, 4) is 0 Å². The van der Waals surface area contributed by atoms with Gasteiger partial charge in [0.25, 0.3) is 0 Å². The maximum Gasteiger partial charge on any atom is 0.220 e. The lowest BCUT2D eigenvalue weighted by atomic mass is 9.99. The third-order valence-electron chi connectivity index (χ3n) is 9.64. The molecule has 1 aliphatic rings. The van der Waals surface area contributed by atoms with E-state index in [1.807, 2.05) is 6.08 Å². The van der Waals surface area contributed by atoms with Crippen LogP contribution in [-0.4, -0.2) is 87.5 Å². The molecule has 324 valence electrons. The van der Waals surface area contributed by atoms with Gasteiger partial charge in [-0.1, -0.05) is 150 Å². The highest BCUT2D eigenvalue weighted by molar-refractivity contribution is 5.76. The molecule has 0 radical (unpaired) electrons. The molecule has 9 nitrogen and oxygen atoms in total. The van der Waals surface area contributed by atoms with Crippen molar-refractivity contribution in [3.05, 3.63) is 97.2 Å². The van der Waals surface area contributed by atoms with E-state index in [4.69, 9.17) is 9.47 Å². The zero-order valence-corrected chi connectivity index (χ0v) is 35.3. The molecule has 7 atom stereocenters. The lowest BCUT2D eigenvalue weighted by molar-refractivity contribution is -0.302. The van der Waals surface area contributed by atoms with Crippen LogP contribution in [0.4, 0.5) is 0 Å². The van der Waals surface area contributed by atoms with Crippen molar-refractivity contribution in [2.45, 2.75) is 185 Å². The van der Waals surface area contributed by atoms with E-state index >= 15 is 0 Å². The molecule has 57 heavy (non-hydrogen) atoms. The van der Waals surface area contributed by atoms with Gasteiger partial charge in [-0.2, -0.15) is 0 Å². The maximum atomic E-state index is 12.9. The van der Waals surface area contributed by atoms with Gasteiger partial charge in [-0.05, 0) is 83.5 Å². The molecule has 1 aliphatic heterocycles. The number of allylic oxidation sites excluding steroid dienone is 15. The van der Waals surface area contributed by atoms with E-state index in [2.05, 4.69) is 104 Å². The van der Waals surface area contributed by atoms with Crippen LogP contribution in [0.25, 0.3) is 0 Å². The summed E-state index contributed by atoms with van der Waals surface area (Å²) < 4.78 is 11.2. The topological polar surface area (TPSA) is 149 Å². The number of nitrogens with one attached hydrogen (secondary N) is 1. The van der Waals surface area contributed by atoms with E-state index in [1.54, 1.807) is 6.08 Å². The van der Waals surface area contributed by atoms with Crippen molar-refractivity contribution in [1.29, 1.82) is 0 Å². The average molecular weight is 798 g/mol. The Morgan fingerprint density at radius 3 is 1.67 bits per heavy atom. The summed E-state index contributed by atoms with van der Waals surface area (Å²) in [6, 6.07) is -0.840. The van der Waals surface area contributed by atoms with E-state index in [0.29, 0.717) is 12.8 Å². The van der Waals surface area contributed by atoms with Gasteiger partial charge in [0.1, 0.15) is 24.4 Å². The first-order valence-corrected chi connectivity index (χ1v) is 22.0. The van der Waals surface area contributed by atoms with Crippen LogP contribution in [0.2, 0.25) is 0 Å². The van der Waals surface area contributed by atoms with Gasteiger partial charge in [0.2, 0.25) is 5.91 Å². The third-order valence-corrected chi connectivity index (χ3v) is 9.64. The Kier molecular flexibility index (Phi) is 34.2. The lowest BCUT2D eigenvalue weighted by Crippen LogP contribution is -2.60. The first kappa shape index (κ1) is 52.1. The molecule has 0 aromatic rings. The SMILES string of the molecule is CC/C=C\C/C=C\C/C=C\C/C=C\C/C=C\C/C=C\CCCCCCC(=O)NC(COC1OC(CO)C(O)C(O)C1O)C(O)/C=C/CC/C=C/CCCCCCC. The second kappa shape index (κ2) is 37.4. The minimum absolute atomic E-state index is 0.218. The van der Waals surface area contributed by atoms with Crippen molar-refractivity contribution >= 4 is 5.91 Å². The zero-order chi connectivity index (χ0) is 41.6. The number of carbonyl (C=O) groups excluding carboxylic acids is 1. The van der Waals surface area contributed by atoms with Crippen molar-refractivity contribution in [3.63, 3.8) is 0 Å². The Morgan fingerprint density at radius 2 is 1.11 bits per heavy atom. The molecule has 1 amide bonds. The van der Waals surface area contributed by atoms with E-state index in [-0.39, 0.29) is 12.5 Å². The van der Waals surface area contributed by atoms with Crippen molar-refractivity contribution in [2.75, 3.05) is 13.2 Å². The molecule has 0 saturated carbocycles. The number of aliphatic hydroxyl groups is 5. The predicted octanol–water partition coefficient (Wildman–Crippen LogP) is 8.94. The zero-order valence-electron chi connectivity index (χ0n) is 35.3. The molecule has 1 rings (SSSR count). The lowest BCUT2D eigenvalue weighted by Gasteiger charge is -2.40.